The summed E-state index contributed by atoms with van der Waals surface area (Å²) in [6.07, 6.45) is 3.01. The molecule has 1 aromatic rings. The molecular weight excluding hydrogens is 234 g/mol. The molecule has 0 atom stereocenters. The summed E-state index contributed by atoms with van der Waals surface area (Å²) in [5, 5.41) is 0. The van der Waals surface area contributed by atoms with Crippen LogP contribution in [0.25, 0.3) is 0 Å². The van der Waals surface area contributed by atoms with Crippen molar-refractivity contribution in [3.8, 4) is 0 Å². The minimum Gasteiger partial charge on any atom is -0.371 e. The average Bonchev–Trinajstić information content (AvgIpc) is 2.34. The van der Waals surface area contributed by atoms with E-state index in [1.54, 1.807) is 0 Å². The Balaban J connectivity index is 2.06. The third-order valence-electron chi connectivity index (χ3n) is 3.90. The Labute approximate surface area is 116 Å². The van der Waals surface area contributed by atoms with Crippen LogP contribution in [-0.4, -0.2) is 18.9 Å². The SMILES string of the molecule is Cc1ccc2c(c1)CCCN2CCC(=O)C(C)(C)C. The van der Waals surface area contributed by atoms with E-state index in [1.807, 2.05) is 20.8 Å². The monoisotopic (exact) mass is 259 g/mol. The van der Waals surface area contributed by atoms with E-state index in [0.717, 1.165) is 13.1 Å². The molecule has 0 N–H and O–H groups in total. The van der Waals surface area contributed by atoms with Gasteiger partial charge in [-0.1, -0.05) is 38.5 Å². The Morgan fingerprint density at radius 2 is 2.05 bits per heavy atom. The number of carbonyl (C=O) groups is 1. The highest BCUT2D eigenvalue weighted by molar-refractivity contribution is 5.84. The minimum absolute atomic E-state index is 0.216. The molecule has 1 aliphatic heterocycles. The van der Waals surface area contributed by atoms with Crippen LogP contribution in [0.3, 0.4) is 0 Å². The van der Waals surface area contributed by atoms with E-state index in [9.17, 15) is 4.79 Å². The molecule has 2 nitrogen and oxygen atoms in total. The van der Waals surface area contributed by atoms with Crippen molar-refractivity contribution in [2.75, 3.05) is 18.0 Å². The fourth-order valence-electron chi connectivity index (χ4n) is 2.65. The summed E-state index contributed by atoms with van der Waals surface area (Å²) in [6.45, 7) is 10.1. The number of carbonyl (C=O) groups excluding carboxylic acids is 1. The fourth-order valence-corrected chi connectivity index (χ4v) is 2.65. The Kier molecular flexibility index (Phi) is 3.98. The Morgan fingerprint density at radius 1 is 1.32 bits per heavy atom. The van der Waals surface area contributed by atoms with Crippen molar-refractivity contribution in [2.45, 2.75) is 47.0 Å². The van der Waals surface area contributed by atoms with Gasteiger partial charge < -0.3 is 4.90 Å². The second-order valence-electron chi connectivity index (χ2n) is 6.65. The number of ketones is 1. The number of anilines is 1. The van der Waals surface area contributed by atoms with Gasteiger partial charge >= 0.3 is 0 Å². The molecule has 2 rings (SSSR count). The fraction of sp³-hybridized carbons (Fsp3) is 0.588. The molecule has 0 saturated heterocycles. The van der Waals surface area contributed by atoms with Crippen LogP contribution in [0.2, 0.25) is 0 Å². The number of hydrogen-bond acceptors (Lipinski definition) is 2. The standard InChI is InChI=1S/C17H25NO/c1-13-7-8-15-14(12-13)6-5-10-18(15)11-9-16(19)17(2,3)4/h7-8,12H,5-6,9-11H2,1-4H3. The van der Waals surface area contributed by atoms with Crippen LogP contribution in [0.15, 0.2) is 18.2 Å². The van der Waals surface area contributed by atoms with Gasteiger partial charge in [-0.15, -0.1) is 0 Å². The maximum Gasteiger partial charge on any atom is 0.139 e. The van der Waals surface area contributed by atoms with Gasteiger partial charge in [0, 0.05) is 30.6 Å². The highest BCUT2D eigenvalue weighted by Gasteiger charge is 2.23. The first-order chi connectivity index (χ1) is 8.88. The second-order valence-corrected chi connectivity index (χ2v) is 6.65. The van der Waals surface area contributed by atoms with Gasteiger partial charge in [-0.3, -0.25) is 4.79 Å². The molecule has 1 aromatic carbocycles. The smallest absolute Gasteiger partial charge is 0.139 e. The molecular formula is C17H25NO. The number of nitrogens with zero attached hydrogens (tertiary/aromatic N) is 1. The van der Waals surface area contributed by atoms with E-state index in [-0.39, 0.29) is 5.41 Å². The van der Waals surface area contributed by atoms with E-state index in [1.165, 1.54) is 29.7 Å². The van der Waals surface area contributed by atoms with Crippen molar-refractivity contribution >= 4 is 11.5 Å². The summed E-state index contributed by atoms with van der Waals surface area (Å²) >= 11 is 0. The Hall–Kier alpha value is -1.31. The Bertz CT molecular complexity index is 471. The molecule has 0 bridgehead atoms. The third kappa shape index (κ3) is 3.37. The van der Waals surface area contributed by atoms with E-state index < -0.39 is 0 Å². The number of benzene rings is 1. The zero-order chi connectivity index (χ0) is 14.0. The molecule has 0 unspecified atom stereocenters. The molecule has 0 aliphatic carbocycles. The van der Waals surface area contributed by atoms with Crippen LogP contribution < -0.4 is 4.90 Å². The molecule has 104 valence electrons. The average molecular weight is 259 g/mol. The number of Topliss-reactive ketones (excluding diaryl/α,β-unsaturated/α-hetero) is 1. The van der Waals surface area contributed by atoms with E-state index in [0.29, 0.717) is 12.2 Å². The largest absolute Gasteiger partial charge is 0.371 e. The predicted molar refractivity (Wildman–Crippen MR) is 80.8 cm³/mol. The lowest BCUT2D eigenvalue weighted by molar-refractivity contribution is -0.126. The van der Waals surface area contributed by atoms with Gasteiger partial charge in [-0.05, 0) is 31.4 Å². The van der Waals surface area contributed by atoms with Gasteiger partial charge in [0.05, 0.1) is 0 Å². The van der Waals surface area contributed by atoms with Gasteiger partial charge in [0.25, 0.3) is 0 Å². The number of aryl methyl sites for hydroxylation is 2. The number of fused-ring (bicyclic) bond motifs is 1. The van der Waals surface area contributed by atoms with Gasteiger partial charge in [0.1, 0.15) is 5.78 Å². The van der Waals surface area contributed by atoms with Crippen molar-refractivity contribution in [1.82, 2.24) is 0 Å². The topological polar surface area (TPSA) is 20.3 Å². The highest BCUT2D eigenvalue weighted by atomic mass is 16.1. The normalized spacial score (nSPS) is 15.3. The molecule has 0 amide bonds. The molecule has 0 saturated carbocycles. The lowest BCUT2D eigenvalue weighted by Crippen LogP contribution is -2.33. The van der Waals surface area contributed by atoms with Crippen LogP contribution in [0, 0.1) is 12.3 Å². The first-order valence-electron chi connectivity index (χ1n) is 7.26. The van der Waals surface area contributed by atoms with E-state index in [2.05, 4.69) is 30.0 Å². The van der Waals surface area contributed by atoms with Crippen molar-refractivity contribution in [2.24, 2.45) is 5.41 Å². The van der Waals surface area contributed by atoms with Crippen molar-refractivity contribution in [3.63, 3.8) is 0 Å². The molecule has 19 heavy (non-hydrogen) atoms. The molecule has 0 fully saturated rings. The summed E-state index contributed by atoms with van der Waals surface area (Å²) in [5.41, 5.74) is 3.88. The van der Waals surface area contributed by atoms with Crippen molar-refractivity contribution in [1.29, 1.82) is 0 Å². The summed E-state index contributed by atoms with van der Waals surface area (Å²) in [7, 11) is 0. The summed E-state index contributed by atoms with van der Waals surface area (Å²) in [5.74, 6) is 0.353. The molecule has 2 heteroatoms. The van der Waals surface area contributed by atoms with E-state index >= 15 is 0 Å². The van der Waals surface area contributed by atoms with Crippen LogP contribution >= 0.6 is 0 Å². The van der Waals surface area contributed by atoms with Crippen molar-refractivity contribution < 1.29 is 4.79 Å². The lowest BCUT2D eigenvalue weighted by Gasteiger charge is -2.32. The van der Waals surface area contributed by atoms with E-state index in [4.69, 9.17) is 0 Å². The molecule has 0 aromatic heterocycles. The maximum atomic E-state index is 12.0. The quantitative estimate of drug-likeness (QED) is 0.824. The third-order valence-corrected chi connectivity index (χ3v) is 3.90. The van der Waals surface area contributed by atoms with Crippen LogP contribution in [-0.2, 0) is 11.2 Å². The zero-order valence-corrected chi connectivity index (χ0v) is 12.6. The van der Waals surface area contributed by atoms with Crippen LogP contribution in [0.5, 0.6) is 0 Å². The molecule has 0 spiro atoms. The van der Waals surface area contributed by atoms with Crippen molar-refractivity contribution in [3.05, 3.63) is 29.3 Å². The lowest BCUT2D eigenvalue weighted by atomic mass is 9.88. The van der Waals surface area contributed by atoms with Crippen LogP contribution in [0.1, 0.15) is 44.7 Å². The van der Waals surface area contributed by atoms with Gasteiger partial charge in [-0.25, -0.2) is 0 Å². The summed E-state index contributed by atoms with van der Waals surface area (Å²) < 4.78 is 0. The minimum atomic E-state index is -0.216. The first-order valence-corrected chi connectivity index (χ1v) is 7.26. The number of hydrogen-bond donors (Lipinski definition) is 0. The Morgan fingerprint density at radius 3 is 2.74 bits per heavy atom. The highest BCUT2D eigenvalue weighted by Crippen LogP contribution is 2.28. The first kappa shape index (κ1) is 14.1. The molecule has 0 radical (unpaired) electrons. The predicted octanol–water partition coefficient (Wildman–Crippen LogP) is 3.75. The van der Waals surface area contributed by atoms with Gasteiger partial charge in [0.15, 0.2) is 0 Å². The zero-order valence-electron chi connectivity index (χ0n) is 12.6. The maximum absolute atomic E-state index is 12.0. The summed E-state index contributed by atoms with van der Waals surface area (Å²) in [6, 6.07) is 6.67. The second kappa shape index (κ2) is 5.36. The van der Waals surface area contributed by atoms with Gasteiger partial charge in [0.2, 0.25) is 0 Å². The molecule has 1 aliphatic rings. The summed E-state index contributed by atoms with van der Waals surface area (Å²) in [4.78, 5) is 14.4. The van der Waals surface area contributed by atoms with Crippen LogP contribution in [0.4, 0.5) is 5.69 Å². The number of rotatable bonds is 3. The molecule has 1 heterocycles. The van der Waals surface area contributed by atoms with Gasteiger partial charge in [-0.2, -0.15) is 0 Å².